The van der Waals surface area contributed by atoms with E-state index in [-0.39, 0.29) is 12.4 Å². The number of aryl methyl sites for hydroxylation is 1. The molecule has 6 heteroatoms. The standard InChI is InChI=1S/C18H14F3NO2/c1-12-5-8-14-3-2-4-16(17(14)22-12)23-11-13-6-9-15(10-7-13)24-18(19,20)21/h2-10H,11H2,1H3. The number of halogens is 3. The van der Waals surface area contributed by atoms with E-state index in [2.05, 4.69) is 9.72 Å². The second-order valence-corrected chi connectivity index (χ2v) is 5.26. The van der Waals surface area contributed by atoms with Crippen molar-refractivity contribution in [1.29, 1.82) is 0 Å². The lowest BCUT2D eigenvalue weighted by molar-refractivity contribution is -0.274. The summed E-state index contributed by atoms with van der Waals surface area (Å²) in [5.41, 5.74) is 2.37. The molecule has 0 fully saturated rings. The molecule has 3 rings (SSSR count). The molecule has 2 aromatic carbocycles. The second kappa shape index (κ2) is 6.39. The van der Waals surface area contributed by atoms with Crippen LogP contribution in [0.4, 0.5) is 13.2 Å². The molecule has 0 saturated carbocycles. The van der Waals surface area contributed by atoms with Crippen LogP contribution in [0.25, 0.3) is 10.9 Å². The van der Waals surface area contributed by atoms with E-state index >= 15 is 0 Å². The second-order valence-electron chi connectivity index (χ2n) is 5.26. The Labute approximate surface area is 136 Å². The average Bonchev–Trinajstić information content (AvgIpc) is 2.53. The lowest BCUT2D eigenvalue weighted by Crippen LogP contribution is -2.17. The quantitative estimate of drug-likeness (QED) is 0.672. The minimum Gasteiger partial charge on any atom is -0.487 e. The number of alkyl halides is 3. The fourth-order valence-corrected chi connectivity index (χ4v) is 2.28. The zero-order chi connectivity index (χ0) is 17.2. The normalized spacial score (nSPS) is 11.5. The van der Waals surface area contributed by atoms with Crippen molar-refractivity contribution in [2.75, 3.05) is 0 Å². The Morgan fingerprint density at radius 2 is 1.71 bits per heavy atom. The summed E-state index contributed by atoms with van der Waals surface area (Å²) >= 11 is 0. The summed E-state index contributed by atoms with van der Waals surface area (Å²) in [6.07, 6.45) is -4.69. The van der Waals surface area contributed by atoms with Gasteiger partial charge in [-0.05, 0) is 36.8 Å². The van der Waals surface area contributed by atoms with Crippen LogP contribution < -0.4 is 9.47 Å². The highest BCUT2D eigenvalue weighted by Crippen LogP contribution is 2.26. The average molecular weight is 333 g/mol. The van der Waals surface area contributed by atoms with Gasteiger partial charge in [0.05, 0.1) is 0 Å². The van der Waals surface area contributed by atoms with Gasteiger partial charge in [0.2, 0.25) is 0 Å². The SMILES string of the molecule is Cc1ccc2cccc(OCc3ccc(OC(F)(F)F)cc3)c2n1. The fourth-order valence-electron chi connectivity index (χ4n) is 2.28. The fraction of sp³-hybridized carbons (Fsp3) is 0.167. The van der Waals surface area contributed by atoms with Crippen LogP contribution in [0.5, 0.6) is 11.5 Å². The summed E-state index contributed by atoms with van der Waals surface area (Å²) in [6.45, 7) is 2.12. The predicted molar refractivity (Wildman–Crippen MR) is 83.9 cm³/mol. The number of pyridine rings is 1. The summed E-state index contributed by atoms with van der Waals surface area (Å²) in [6, 6.07) is 15.1. The molecule has 124 valence electrons. The van der Waals surface area contributed by atoms with E-state index in [0.29, 0.717) is 5.75 Å². The topological polar surface area (TPSA) is 31.4 Å². The van der Waals surface area contributed by atoms with Gasteiger partial charge >= 0.3 is 6.36 Å². The highest BCUT2D eigenvalue weighted by atomic mass is 19.4. The Kier molecular flexibility index (Phi) is 4.29. The highest BCUT2D eigenvalue weighted by Gasteiger charge is 2.30. The zero-order valence-corrected chi connectivity index (χ0v) is 12.8. The molecule has 0 spiro atoms. The van der Waals surface area contributed by atoms with Gasteiger partial charge in [-0.15, -0.1) is 13.2 Å². The van der Waals surface area contributed by atoms with E-state index in [1.807, 2.05) is 37.3 Å². The molecule has 0 aliphatic carbocycles. The highest BCUT2D eigenvalue weighted by molar-refractivity contribution is 5.84. The van der Waals surface area contributed by atoms with Crippen LogP contribution in [0.2, 0.25) is 0 Å². The lowest BCUT2D eigenvalue weighted by atomic mass is 10.2. The van der Waals surface area contributed by atoms with Crippen molar-refractivity contribution in [3.8, 4) is 11.5 Å². The Hall–Kier alpha value is -2.76. The van der Waals surface area contributed by atoms with Crippen LogP contribution in [0, 0.1) is 6.92 Å². The maximum Gasteiger partial charge on any atom is 0.573 e. The van der Waals surface area contributed by atoms with Crippen molar-refractivity contribution in [3.05, 3.63) is 65.9 Å². The van der Waals surface area contributed by atoms with Crippen molar-refractivity contribution in [2.45, 2.75) is 19.9 Å². The molecular weight excluding hydrogens is 319 g/mol. The Morgan fingerprint density at radius 3 is 2.42 bits per heavy atom. The number of ether oxygens (including phenoxy) is 2. The van der Waals surface area contributed by atoms with Gasteiger partial charge in [0.1, 0.15) is 23.6 Å². The predicted octanol–water partition coefficient (Wildman–Crippen LogP) is 5.02. The summed E-state index contributed by atoms with van der Waals surface area (Å²) < 4.78 is 46.0. The summed E-state index contributed by atoms with van der Waals surface area (Å²) in [7, 11) is 0. The van der Waals surface area contributed by atoms with E-state index in [0.717, 1.165) is 22.2 Å². The molecule has 0 aliphatic heterocycles. The monoisotopic (exact) mass is 333 g/mol. The van der Waals surface area contributed by atoms with Gasteiger partial charge in [0, 0.05) is 11.1 Å². The van der Waals surface area contributed by atoms with Gasteiger partial charge in [-0.25, -0.2) is 4.98 Å². The van der Waals surface area contributed by atoms with E-state index in [9.17, 15) is 13.2 Å². The Bertz CT molecular complexity index is 845. The molecule has 0 aliphatic rings. The van der Waals surface area contributed by atoms with Crippen LogP contribution in [-0.2, 0) is 6.61 Å². The summed E-state index contributed by atoms with van der Waals surface area (Å²) in [5.74, 6) is 0.375. The van der Waals surface area contributed by atoms with E-state index < -0.39 is 6.36 Å². The van der Waals surface area contributed by atoms with Crippen molar-refractivity contribution < 1.29 is 22.6 Å². The first kappa shape index (κ1) is 16.1. The number of benzene rings is 2. The lowest BCUT2D eigenvalue weighted by Gasteiger charge is -2.11. The van der Waals surface area contributed by atoms with E-state index in [1.54, 1.807) is 0 Å². The first-order chi connectivity index (χ1) is 11.4. The number of para-hydroxylation sites is 1. The maximum atomic E-state index is 12.1. The molecule has 0 saturated heterocycles. The summed E-state index contributed by atoms with van der Waals surface area (Å²) in [4.78, 5) is 4.47. The first-order valence-electron chi connectivity index (χ1n) is 7.24. The minimum absolute atomic E-state index is 0.223. The number of fused-ring (bicyclic) bond motifs is 1. The molecule has 0 atom stereocenters. The van der Waals surface area contributed by atoms with Crippen molar-refractivity contribution in [3.63, 3.8) is 0 Å². The molecule has 0 radical (unpaired) electrons. The molecule has 0 bridgehead atoms. The molecule has 3 aromatic rings. The van der Waals surface area contributed by atoms with Gasteiger partial charge in [-0.2, -0.15) is 0 Å². The van der Waals surface area contributed by atoms with Gasteiger partial charge in [0.25, 0.3) is 0 Å². The molecule has 0 N–H and O–H groups in total. The zero-order valence-electron chi connectivity index (χ0n) is 12.8. The van der Waals surface area contributed by atoms with Gasteiger partial charge < -0.3 is 9.47 Å². The number of hydrogen-bond acceptors (Lipinski definition) is 3. The third-order valence-corrected chi connectivity index (χ3v) is 3.37. The third kappa shape index (κ3) is 3.95. The maximum absolute atomic E-state index is 12.1. The van der Waals surface area contributed by atoms with Crippen LogP contribution in [0.3, 0.4) is 0 Å². The van der Waals surface area contributed by atoms with Gasteiger partial charge in [-0.1, -0.05) is 30.3 Å². The summed E-state index contributed by atoms with van der Waals surface area (Å²) in [5, 5.41) is 0.965. The van der Waals surface area contributed by atoms with Crippen LogP contribution in [-0.4, -0.2) is 11.3 Å². The molecule has 24 heavy (non-hydrogen) atoms. The van der Waals surface area contributed by atoms with Crippen molar-refractivity contribution in [1.82, 2.24) is 4.98 Å². The first-order valence-corrected chi connectivity index (χ1v) is 7.24. The van der Waals surface area contributed by atoms with E-state index in [4.69, 9.17) is 4.74 Å². The van der Waals surface area contributed by atoms with E-state index in [1.165, 1.54) is 24.3 Å². The number of rotatable bonds is 4. The molecule has 3 nitrogen and oxygen atoms in total. The smallest absolute Gasteiger partial charge is 0.487 e. The third-order valence-electron chi connectivity index (χ3n) is 3.37. The largest absolute Gasteiger partial charge is 0.573 e. The van der Waals surface area contributed by atoms with Crippen molar-refractivity contribution >= 4 is 10.9 Å². The number of aromatic nitrogens is 1. The Morgan fingerprint density at radius 1 is 0.958 bits per heavy atom. The Balaban J connectivity index is 1.73. The molecule has 1 heterocycles. The van der Waals surface area contributed by atoms with Crippen molar-refractivity contribution in [2.24, 2.45) is 0 Å². The van der Waals surface area contributed by atoms with Gasteiger partial charge in [0.15, 0.2) is 0 Å². The number of hydrogen-bond donors (Lipinski definition) is 0. The van der Waals surface area contributed by atoms with Gasteiger partial charge in [-0.3, -0.25) is 0 Å². The number of nitrogens with zero attached hydrogens (tertiary/aromatic N) is 1. The van der Waals surface area contributed by atoms with Crippen LogP contribution >= 0.6 is 0 Å². The minimum atomic E-state index is -4.69. The molecule has 1 aromatic heterocycles. The molecule has 0 amide bonds. The molecule has 0 unspecified atom stereocenters. The van der Waals surface area contributed by atoms with Crippen LogP contribution in [0.1, 0.15) is 11.3 Å². The van der Waals surface area contributed by atoms with Crippen LogP contribution in [0.15, 0.2) is 54.6 Å². The molecular formula is C18H14F3NO2.